The van der Waals surface area contributed by atoms with E-state index in [9.17, 15) is 0 Å². The summed E-state index contributed by atoms with van der Waals surface area (Å²) in [6.45, 7) is 5.14. The molecule has 1 atom stereocenters. The van der Waals surface area contributed by atoms with Crippen LogP contribution in [0.1, 0.15) is 31.9 Å². The summed E-state index contributed by atoms with van der Waals surface area (Å²) >= 11 is 5.26. The molecule has 0 aliphatic carbocycles. The maximum atomic E-state index is 4.29. The molecule has 2 aromatic heterocycles. The largest absolute Gasteiger partial charge is 0.369 e. The van der Waals surface area contributed by atoms with Crippen molar-refractivity contribution in [1.29, 1.82) is 0 Å². The highest BCUT2D eigenvalue weighted by atomic mass is 79.9. The summed E-state index contributed by atoms with van der Waals surface area (Å²) in [5.74, 6) is 1.64. The van der Waals surface area contributed by atoms with Crippen molar-refractivity contribution in [2.24, 2.45) is 0 Å². The fourth-order valence-electron chi connectivity index (χ4n) is 1.65. The van der Waals surface area contributed by atoms with E-state index in [2.05, 4.69) is 67.2 Å². The Morgan fingerprint density at radius 3 is 2.84 bits per heavy atom. The number of thiophene rings is 1. The number of hydrogen-bond donors (Lipinski definition) is 2. The van der Waals surface area contributed by atoms with E-state index >= 15 is 0 Å². The van der Waals surface area contributed by atoms with Crippen LogP contribution in [0.4, 0.5) is 11.6 Å². The fourth-order valence-corrected chi connectivity index (χ4v) is 2.86. The highest BCUT2D eigenvalue weighted by Gasteiger charge is 2.12. The first kappa shape index (κ1) is 14.3. The van der Waals surface area contributed by atoms with Gasteiger partial charge in [-0.25, -0.2) is 9.97 Å². The molecular weight excluding hydrogens is 324 g/mol. The molecule has 0 radical (unpaired) electrons. The average Bonchev–Trinajstić information content (AvgIpc) is 2.94. The zero-order valence-electron chi connectivity index (χ0n) is 11.0. The normalized spacial score (nSPS) is 12.2. The van der Waals surface area contributed by atoms with Crippen LogP contribution in [0.2, 0.25) is 0 Å². The zero-order valence-corrected chi connectivity index (χ0v) is 13.4. The van der Waals surface area contributed by atoms with Crippen LogP contribution < -0.4 is 10.6 Å². The second-order valence-corrected chi connectivity index (χ2v) is 5.81. The van der Waals surface area contributed by atoms with Crippen LogP contribution in [0.3, 0.4) is 0 Å². The minimum absolute atomic E-state index is 0.219. The number of rotatable bonds is 6. The molecule has 19 heavy (non-hydrogen) atoms. The summed E-state index contributed by atoms with van der Waals surface area (Å²) < 4.78 is 0.880. The van der Waals surface area contributed by atoms with E-state index < -0.39 is 0 Å². The van der Waals surface area contributed by atoms with Crippen LogP contribution in [0, 0.1) is 0 Å². The first-order valence-corrected chi connectivity index (χ1v) is 7.99. The quantitative estimate of drug-likeness (QED) is 0.823. The van der Waals surface area contributed by atoms with Crippen molar-refractivity contribution in [2.45, 2.75) is 26.3 Å². The maximum absolute atomic E-state index is 4.29. The number of aromatic nitrogens is 2. The number of hydrogen-bond acceptors (Lipinski definition) is 5. The Balaban J connectivity index is 2.12. The van der Waals surface area contributed by atoms with Gasteiger partial charge in [-0.15, -0.1) is 0 Å². The van der Waals surface area contributed by atoms with Crippen molar-refractivity contribution in [2.75, 3.05) is 17.2 Å². The Morgan fingerprint density at radius 2 is 2.16 bits per heavy atom. The molecule has 102 valence electrons. The number of halogens is 1. The van der Waals surface area contributed by atoms with Gasteiger partial charge in [0.05, 0.1) is 6.04 Å². The molecule has 0 aromatic carbocycles. The second kappa shape index (κ2) is 6.86. The van der Waals surface area contributed by atoms with Crippen LogP contribution in [0.25, 0.3) is 0 Å². The lowest BCUT2D eigenvalue weighted by Gasteiger charge is -2.16. The smallest absolute Gasteiger partial charge is 0.146 e. The Hall–Kier alpha value is -1.14. The molecule has 0 aliphatic rings. The molecule has 0 amide bonds. The molecule has 4 nitrogen and oxygen atoms in total. The van der Waals surface area contributed by atoms with Crippen molar-refractivity contribution >= 4 is 38.9 Å². The monoisotopic (exact) mass is 340 g/mol. The molecule has 0 saturated carbocycles. The van der Waals surface area contributed by atoms with Gasteiger partial charge in [-0.1, -0.05) is 6.92 Å². The van der Waals surface area contributed by atoms with Crippen molar-refractivity contribution in [3.8, 4) is 0 Å². The molecular formula is C13H17BrN4S. The predicted octanol–water partition coefficient (Wildman–Crippen LogP) is 4.30. The van der Waals surface area contributed by atoms with Gasteiger partial charge in [-0.05, 0) is 51.7 Å². The van der Waals surface area contributed by atoms with Crippen molar-refractivity contribution < 1.29 is 0 Å². The first-order valence-electron chi connectivity index (χ1n) is 6.25. The molecule has 0 bridgehead atoms. The van der Waals surface area contributed by atoms with Gasteiger partial charge in [-0.2, -0.15) is 11.3 Å². The van der Waals surface area contributed by atoms with E-state index in [-0.39, 0.29) is 6.04 Å². The van der Waals surface area contributed by atoms with Crippen LogP contribution in [0.5, 0.6) is 0 Å². The van der Waals surface area contributed by atoms with Gasteiger partial charge in [0.15, 0.2) is 0 Å². The predicted molar refractivity (Wildman–Crippen MR) is 84.9 cm³/mol. The molecule has 2 heterocycles. The lowest BCUT2D eigenvalue weighted by atomic mass is 10.2. The van der Waals surface area contributed by atoms with Gasteiger partial charge >= 0.3 is 0 Å². The summed E-state index contributed by atoms with van der Waals surface area (Å²) in [6, 6.07) is 2.34. The lowest BCUT2D eigenvalue weighted by molar-refractivity contribution is 0.873. The summed E-state index contributed by atoms with van der Waals surface area (Å²) in [6.07, 6.45) is 2.63. The van der Waals surface area contributed by atoms with Crippen LogP contribution in [-0.2, 0) is 0 Å². The summed E-state index contributed by atoms with van der Waals surface area (Å²) in [7, 11) is 0. The Labute approximate surface area is 125 Å². The van der Waals surface area contributed by atoms with Gasteiger partial charge in [0.1, 0.15) is 22.4 Å². The third-order valence-corrected chi connectivity index (χ3v) is 4.18. The lowest BCUT2D eigenvalue weighted by Crippen LogP contribution is -2.10. The second-order valence-electron chi connectivity index (χ2n) is 4.23. The van der Waals surface area contributed by atoms with Gasteiger partial charge in [-0.3, -0.25) is 0 Å². The first-order chi connectivity index (χ1) is 9.22. The maximum Gasteiger partial charge on any atom is 0.146 e. The topological polar surface area (TPSA) is 49.8 Å². The number of nitrogens with one attached hydrogen (secondary N) is 2. The minimum Gasteiger partial charge on any atom is -0.369 e. The average molecular weight is 341 g/mol. The number of anilines is 2. The Kier molecular flexibility index (Phi) is 5.15. The van der Waals surface area contributed by atoms with Crippen LogP contribution in [-0.4, -0.2) is 16.5 Å². The van der Waals surface area contributed by atoms with Crippen LogP contribution in [0.15, 0.2) is 27.6 Å². The summed E-state index contributed by atoms with van der Waals surface area (Å²) in [5.41, 5.74) is 1.26. The minimum atomic E-state index is 0.219. The zero-order chi connectivity index (χ0) is 13.7. The SMILES string of the molecule is CCCNc1ncnc(NC(C)c2ccsc2)c1Br. The Bertz CT molecular complexity index is 515. The fraction of sp³-hybridized carbons (Fsp3) is 0.385. The highest BCUT2D eigenvalue weighted by molar-refractivity contribution is 9.10. The highest BCUT2D eigenvalue weighted by Crippen LogP contribution is 2.29. The van der Waals surface area contributed by atoms with Crippen LogP contribution >= 0.6 is 27.3 Å². The van der Waals surface area contributed by atoms with Crippen molar-refractivity contribution in [1.82, 2.24) is 9.97 Å². The van der Waals surface area contributed by atoms with E-state index in [0.717, 1.165) is 29.1 Å². The van der Waals surface area contributed by atoms with E-state index in [1.54, 1.807) is 17.7 Å². The van der Waals surface area contributed by atoms with E-state index in [0.29, 0.717) is 0 Å². The van der Waals surface area contributed by atoms with E-state index in [4.69, 9.17) is 0 Å². The molecule has 2 rings (SSSR count). The summed E-state index contributed by atoms with van der Waals surface area (Å²) in [4.78, 5) is 8.53. The molecule has 0 fully saturated rings. The summed E-state index contributed by atoms with van der Waals surface area (Å²) in [5, 5.41) is 10.9. The molecule has 1 unspecified atom stereocenters. The molecule has 2 N–H and O–H groups in total. The van der Waals surface area contributed by atoms with Gasteiger partial charge in [0, 0.05) is 6.54 Å². The van der Waals surface area contributed by atoms with Crippen molar-refractivity contribution in [3.05, 3.63) is 33.2 Å². The van der Waals surface area contributed by atoms with Gasteiger partial charge in [0.25, 0.3) is 0 Å². The molecule has 0 spiro atoms. The third-order valence-electron chi connectivity index (χ3n) is 2.73. The van der Waals surface area contributed by atoms with Gasteiger partial charge < -0.3 is 10.6 Å². The van der Waals surface area contributed by atoms with E-state index in [1.807, 2.05) is 0 Å². The Morgan fingerprint density at radius 1 is 1.37 bits per heavy atom. The third kappa shape index (κ3) is 3.67. The molecule has 6 heteroatoms. The van der Waals surface area contributed by atoms with E-state index in [1.165, 1.54) is 5.56 Å². The van der Waals surface area contributed by atoms with Gasteiger partial charge in [0.2, 0.25) is 0 Å². The molecule has 0 aliphatic heterocycles. The molecule has 0 saturated heterocycles. The molecule has 2 aromatic rings. The van der Waals surface area contributed by atoms with Crippen molar-refractivity contribution in [3.63, 3.8) is 0 Å². The standard InChI is InChI=1S/C13H17BrN4S/c1-3-5-15-12-11(14)13(17-8-16-12)18-9(2)10-4-6-19-7-10/h4,6-9H,3,5H2,1-2H3,(H2,15,16,17,18). The number of nitrogens with zero attached hydrogens (tertiary/aromatic N) is 2.